The number of halogens is 2. The zero-order valence-electron chi connectivity index (χ0n) is 15.2. The van der Waals surface area contributed by atoms with Gasteiger partial charge in [-0.1, -0.05) is 11.6 Å². The zero-order chi connectivity index (χ0) is 17.4. The largest absolute Gasteiger partial charge is 0.376 e. The van der Waals surface area contributed by atoms with Crippen molar-refractivity contribution in [3.63, 3.8) is 0 Å². The van der Waals surface area contributed by atoms with Gasteiger partial charge in [0, 0.05) is 17.5 Å². The number of nitrogens with one attached hydrogen (secondary N) is 1. The SMILES string of the molecule is CC(C)OC1CCC(c2nnc3n2-c2ccc(Cl)cc2CNC3)CC1.Cl. The molecule has 0 bridgehead atoms. The van der Waals surface area contributed by atoms with Crippen LogP contribution in [0.3, 0.4) is 0 Å². The van der Waals surface area contributed by atoms with Crippen molar-refractivity contribution < 1.29 is 4.74 Å². The van der Waals surface area contributed by atoms with Crippen molar-refractivity contribution >= 4 is 24.0 Å². The minimum absolute atomic E-state index is 0. The maximum absolute atomic E-state index is 6.19. The van der Waals surface area contributed by atoms with Crippen molar-refractivity contribution in [1.82, 2.24) is 20.1 Å². The quantitative estimate of drug-likeness (QED) is 0.834. The second-order valence-corrected chi connectivity index (χ2v) is 7.78. The second-order valence-electron chi connectivity index (χ2n) is 7.34. The molecule has 2 aromatic rings. The van der Waals surface area contributed by atoms with Gasteiger partial charge in [0.2, 0.25) is 0 Å². The van der Waals surface area contributed by atoms with Gasteiger partial charge in [-0.3, -0.25) is 4.57 Å². The van der Waals surface area contributed by atoms with Crippen LogP contribution in [0.15, 0.2) is 18.2 Å². The molecule has 2 aliphatic rings. The van der Waals surface area contributed by atoms with Gasteiger partial charge < -0.3 is 10.1 Å². The molecule has 0 radical (unpaired) electrons. The molecule has 1 saturated carbocycles. The van der Waals surface area contributed by atoms with Gasteiger partial charge in [0.15, 0.2) is 5.82 Å². The van der Waals surface area contributed by atoms with E-state index < -0.39 is 0 Å². The fourth-order valence-corrected chi connectivity index (χ4v) is 4.23. The summed E-state index contributed by atoms with van der Waals surface area (Å²) in [6.07, 6.45) is 5.08. The second kappa shape index (κ2) is 8.26. The number of hydrogen-bond donors (Lipinski definition) is 1. The van der Waals surface area contributed by atoms with E-state index in [1.54, 1.807) is 0 Å². The van der Waals surface area contributed by atoms with Gasteiger partial charge in [0.25, 0.3) is 0 Å². The Morgan fingerprint density at radius 3 is 2.65 bits per heavy atom. The Morgan fingerprint density at radius 2 is 1.92 bits per heavy atom. The predicted molar refractivity (Wildman–Crippen MR) is 105 cm³/mol. The molecule has 0 spiro atoms. The molecule has 1 N–H and O–H groups in total. The summed E-state index contributed by atoms with van der Waals surface area (Å²) in [5, 5.41) is 13.2. The normalized spacial score (nSPS) is 22.3. The molecule has 0 unspecified atom stereocenters. The molecule has 1 fully saturated rings. The molecule has 0 saturated heterocycles. The van der Waals surface area contributed by atoms with E-state index in [4.69, 9.17) is 16.3 Å². The first-order valence-electron chi connectivity index (χ1n) is 9.21. The molecule has 0 atom stereocenters. The molecular formula is C19H26Cl2N4O. The first-order valence-corrected chi connectivity index (χ1v) is 9.59. The third-order valence-corrected chi connectivity index (χ3v) is 5.38. The zero-order valence-corrected chi connectivity index (χ0v) is 16.8. The number of fused-ring (bicyclic) bond motifs is 3. The van der Waals surface area contributed by atoms with Gasteiger partial charge in [-0.25, -0.2) is 0 Å². The first-order chi connectivity index (χ1) is 12.1. The van der Waals surface area contributed by atoms with Gasteiger partial charge in [0.05, 0.1) is 24.4 Å². The summed E-state index contributed by atoms with van der Waals surface area (Å²) < 4.78 is 8.24. The molecule has 0 amide bonds. The fourth-order valence-electron chi connectivity index (χ4n) is 4.04. The molecule has 7 heteroatoms. The van der Waals surface area contributed by atoms with Crippen molar-refractivity contribution in [2.45, 2.75) is 70.7 Å². The van der Waals surface area contributed by atoms with Crippen molar-refractivity contribution in [1.29, 1.82) is 0 Å². The van der Waals surface area contributed by atoms with Crippen molar-refractivity contribution in [3.8, 4) is 5.69 Å². The lowest BCUT2D eigenvalue weighted by molar-refractivity contribution is -0.0151. The highest BCUT2D eigenvalue weighted by Crippen LogP contribution is 2.36. The minimum atomic E-state index is 0. The summed E-state index contributed by atoms with van der Waals surface area (Å²) >= 11 is 6.19. The third kappa shape index (κ3) is 3.91. The third-order valence-electron chi connectivity index (χ3n) is 5.14. The van der Waals surface area contributed by atoms with Crippen LogP contribution >= 0.6 is 24.0 Å². The van der Waals surface area contributed by atoms with E-state index in [0.29, 0.717) is 18.1 Å². The molecule has 5 nitrogen and oxygen atoms in total. The lowest BCUT2D eigenvalue weighted by Crippen LogP contribution is -2.25. The van der Waals surface area contributed by atoms with Crippen LogP contribution in [0, 0.1) is 0 Å². The Labute approximate surface area is 165 Å². The molecular weight excluding hydrogens is 371 g/mol. The molecule has 1 aliphatic heterocycles. The summed E-state index contributed by atoms with van der Waals surface area (Å²) in [6.45, 7) is 5.75. The predicted octanol–water partition coefficient (Wildman–Crippen LogP) is 4.40. The Morgan fingerprint density at radius 1 is 1.15 bits per heavy atom. The van der Waals surface area contributed by atoms with Crippen LogP contribution in [0.5, 0.6) is 0 Å². The summed E-state index contributed by atoms with van der Waals surface area (Å²) in [6, 6.07) is 6.08. The van der Waals surface area contributed by atoms with Crippen LogP contribution in [-0.2, 0) is 17.8 Å². The van der Waals surface area contributed by atoms with E-state index in [2.05, 4.69) is 40.0 Å². The van der Waals surface area contributed by atoms with E-state index in [0.717, 1.165) is 61.1 Å². The fraction of sp³-hybridized carbons (Fsp3) is 0.579. The number of hydrogen-bond acceptors (Lipinski definition) is 4. The van der Waals surface area contributed by atoms with E-state index >= 15 is 0 Å². The number of aromatic nitrogens is 3. The lowest BCUT2D eigenvalue weighted by Gasteiger charge is -2.29. The Hall–Kier alpha value is -1.14. The molecule has 1 aliphatic carbocycles. The van der Waals surface area contributed by atoms with Gasteiger partial charge in [-0.05, 0) is 63.3 Å². The van der Waals surface area contributed by atoms with Crippen LogP contribution in [0.2, 0.25) is 5.02 Å². The van der Waals surface area contributed by atoms with Crippen molar-refractivity contribution in [2.24, 2.45) is 0 Å². The lowest BCUT2D eigenvalue weighted by atomic mass is 9.86. The first kappa shape index (κ1) is 19.6. The molecule has 4 rings (SSSR count). The molecule has 142 valence electrons. The highest BCUT2D eigenvalue weighted by molar-refractivity contribution is 6.30. The Balaban J connectivity index is 0.00000196. The van der Waals surface area contributed by atoms with Crippen LogP contribution in [0.4, 0.5) is 0 Å². The smallest absolute Gasteiger partial charge is 0.151 e. The molecule has 1 aromatic heterocycles. The molecule has 2 heterocycles. The van der Waals surface area contributed by atoms with Crippen LogP contribution in [0.25, 0.3) is 5.69 Å². The molecule has 26 heavy (non-hydrogen) atoms. The average molecular weight is 397 g/mol. The summed E-state index contributed by atoms with van der Waals surface area (Å²) in [4.78, 5) is 0. The summed E-state index contributed by atoms with van der Waals surface area (Å²) in [5.41, 5.74) is 2.36. The number of benzene rings is 1. The Kier molecular flexibility index (Phi) is 6.23. The van der Waals surface area contributed by atoms with Crippen molar-refractivity contribution in [2.75, 3.05) is 0 Å². The monoisotopic (exact) mass is 396 g/mol. The maximum atomic E-state index is 6.19. The number of nitrogens with zero attached hydrogens (tertiary/aromatic N) is 3. The van der Waals surface area contributed by atoms with Gasteiger partial charge in [-0.2, -0.15) is 0 Å². The highest BCUT2D eigenvalue weighted by Gasteiger charge is 2.29. The van der Waals surface area contributed by atoms with E-state index in [9.17, 15) is 0 Å². The van der Waals surface area contributed by atoms with Crippen LogP contribution in [0.1, 0.15) is 62.7 Å². The number of ether oxygens (including phenoxy) is 1. The van der Waals surface area contributed by atoms with E-state index in [1.165, 1.54) is 5.56 Å². The van der Waals surface area contributed by atoms with Gasteiger partial charge >= 0.3 is 0 Å². The summed E-state index contributed by atoms with van der Waals surface area (Å²) in [5.74, 6) is 2.51. The van der Waals surface area contributed by atoms with Gasteiger partial charge in [-0.15, -0.1) is 22.6 Å². The van der Waals surface area contributed by atoms with E-state index in [1.807, 2.05) is 12.1 Å². The summed E-state index contributed by atoms with van der Waals surface area (Å²) in [7, 11) is 0. The van der Waals surface area contributed by atoms with Crippen LogP contribution < -0.4 is 5.32 Å². The standard InChI is InChI=1S/C19H25ClN4O.ClH/c1-12(2)25-16-6-3-13(4-7-16)19-23-22-18-11-21-10-14-9-15(20)5-8-17(14)24(18)19;/h5,8-9,12-13,16,21H,3-4,6-7,10-11H2,1-2H3;1H. The van der Waals surface area contributed by atoms with Crippen LogP contribution in [-0.4, -0.2) is 27.0 Å². The average Bonchev–Trinajstić information content (AvgIpc) is 2.91. The van der Waals surface area contributed by atoms with E-state index in [-0.39, 0.29) is 12.4 Å². The van der Waals surface area contributed by atoms with Crippen molar-refractivity contribution in [3.05, 3.63) is 40.4 Å². The minimum Gasteiger partial charge on any atom is -0.376 e. The molecule has 1 aromatic carbocycles. The van der Waals surface area contributed by atoms with Gasteiger partial charge in [0.1, 0.15) is 5.82 Å². The maximum Gasteiger partial charge on any atom is 0.151 e. The topological polar surface area (TPSA) is 52.0 Å². The highest BCUT2D eigenvalue weighted by atomic mass is 35.5. The number of rotatable bonds is 3. The Bertz CT molecular complexity index is 754.